The Kier molecular flexibility index (Phi) is 5.04. The van der Waals surface area contributed by atoms with Crippen molar-refractivity contribution in [2.24, 2.45) is 0 Å². The normalized spacial score (nSPS) is 15.5. The predicted octanol–water partition coefficient (Wildman–Crippen LogP) is 2.02. The first-order valence-corrected chi connectivity index (χ1v) is 9.66. The molecule has 2 aromatic rings. The quantitative estimate of drug-likeness (QED) is 0.838. The Labute approximate surface area is 156 Å². The molecule has 0 bridgehead atoms. The number of methoxy groups -OCH3 is 2. The van der Waals surface area contributed by atoms with Crippen LogP contribution in [-0.4, -0.2) is 40.2 Å². The second-order valence-electron chi connectivity index (χ2n) is 5.79. The van der Waals surface area contributed by atoms with Gasteiger partial charge in [-0.25, -0.2) is 12.7 Å². The number of hydrogen-bond donors (Lipinski definition) is 1. The van der Waals surface area contributed by atoms with E-state index in [0.717, 1.165) is 4.31 Å². The maximum atomic E-state index is 12.5. The zero-order valence-corrected chi connectivity index (χ0v) is 15.6. The lowest BCUT2D eigenvalue weighted by Gasteiger charge is -2.15. The highest BCUT2D eigenvalue weighted by molar-refractivity contribution is 7.94. The standard InChI is InChI=1S/C18H18N2O6S/c1-25-14-7-8-15(16(11-14)26-2)19-18(22)12-3-5-13(6-4-12)20-17(21)9-10-27(20,23)24/h3-8,11H,9-10H2,1-2H3,(H,19,22). The molecular formula is C18H18N2O6S. The molecular weight excluding hydrogens is 372 g/mol. The molecule has 0 aliphatic carbocycles. The van der Waals surface area contributed by atoms with E-state index >= 15 is 0 Å². The summed E-state index contributed by atoms with van der Waals surface area (Å²) in [4.78, 5) is 24.3. The van der Waals surface area contributed by atoms with Gasteiger partial charge in [0.1, 0.15) is 11.5 Å². The van der Waals surface area contributed by atoms with Crippen LogP contribution in [0, 0.1) is 0 Å². The molecule has 0 saturated carbocycles. The zero-order valence-electron chi connectivity index (χ0n) is 14.8. The molecule has 3 rings (SSSR count). The fourth-order valence-electron chi connectivity index (χ4n) is 2.71. The topological polar surface area (TPSA) is 102 Å². The third kappa shape index (κ3) is 3.72. The highest BCUT2D eigenvalue weighted by atomic mass is 32.2. The molecule has 2 amide bonds. The van der Waals surface area contributed by atoms with Gasteiger partial charge in [0.15, 0.2) is 0 Å². The van der Waals surface area contributed by atoms with Gasteiger partial charge in [-0.1, -0.05) is 0 Å². The summed E-state index contributed by atoms with van der Waals surface area (Å²) in [7, 11) is -0.625. The third-order valence-electron chi connectivity index (χ3n) is 4.10. The van der Waals surface area contributed by atoms with E-state index in [1.54, 1.807) is 18.2 Å². The SMILES string of the molecule is COc1ccc(NC(=O)c2ccc(N3C(=O)CCS3(=O)=O)cc2)c(OC)c1. The average molecular weight is 390 g/mol. The van der Waals surface area contributed by atoms with Crippen LogP contribution in [0.4, 0.5) is 11.4 Å². The van der Waals surface area contributed by atoms with Crippen molar-refractivity contribution in [2.75, 3.05) is 29.6 Å². The Hall–Kier alpha value is -3.07. The summed E-state index contributed by atoms with van der Waals surface area (Å²) in [5.41, 5.74) is 0.987. The van der Waals surface area contributed by atoms with Gasteiger partial charge in [-0.3, -0.25) is 9.59 Å². The molecule has 1 aliphatic rings. The fraction of sp³-hybridized carbons (Fsp3) is 0.222. The summed E-state index contributed by atoms with van der Waals surface area (Å²) >= 11 is 0. The molecule has 2 aromatic carbocycles. The Bertz CT molecular complexity index is 985. The number of rotatable bonds is 5. The van der Waals surface area contributed by atoms with Gasteiger partial charge >= 0.3 is 0 Å². The van der Waals surface area contributed by atoms with Crippen molar-refractivity contribution >= 4 is 33.2 Å². The van der Waals surface area contributed by atoms with Crippen molar-refractivity contribution in [1.82, 2.24) is 0 Å². The molecule has 0 aromatic heterocycles. The minimum absolute atomic E-state index is 0.0398. The lowest BCUT2D eigenvalue weighted by atomic mass is 10.2. The van der Waals surface area contributed by atoms with Crippen LogP contribution in [0.15, 0.2) is 42.5 Å². The Morgan fingerprint density at radius 2 is 1.78 bits per heavy atom. The minimum atomic E-state index is -3.63. The number of ether oxygens (including phenoxy) is 2. The van der Waals surface area contributed by atoms with Crippen LogP contribution in [0.2, 0.25) is 0 Å². The number of carbonyl (C=O) groups is 2. The van der Waals surface area contributed by atoms with E-state index in [-0.39, 0.29) is 17.9 Å². The summed E-state index contributed by atoms with van der Waals surface area (Å²) in [6.07, 6.45) is -0.0398. The van der Waals surface area contributed by atoms with Gasteiger partial charge in [-0.2, -0.15) is 0 Å². The second kappa shape index (κ2) is 7.28. The van der Waals surface area contributed by atoms with E-state index in [1.165, 1.54) is 38.5 Å². The van der Waals surface area contributed by atoms with Gasteiger partial charge in [0.05, 0.1) is 31.3 Å². The van der Waals surface area contributed by atoms with Crippen molar-refractivity contribution < 1.29 is 27.5 Å². The van der Waals surface area contributed by atoms with Gasteiger partial charge in [0, 0.05) is 18.1 Å². The number of amides is 2. The molecule has 0 spiro atoms. The molecule has 1 fully saturated rings. The molecule has 142 valence electrons. The fourth-order valence-corrected chi connectivity index (χ4v) is 4.17. The van der Waals surface area contributed by atoms with Crippen LogP contribution >= 0.6 is 0 Å². The monoisotopic (exact) mass is 390 g/mol. The largest absolute Gasteiger partial charge is 0.497 e. The van der Waals surface area contributed by atoms with E-state index < -0.39 is 21.8 Å². The Morgan fingerprint density at radius 1 is 1.07 bits per heavy atom. The van der Waals surface area contributed by atoms with Crippen LogP contribution in [-0.2, 0) is 14.8 Å². The molecule has 0 unspecified atom stereocenters. The minimum Gasteiger partial charge on any atom is -0.497 e. The first kappa shape index (κ1) is 18.7. The number of anilines is 2. The lowest BCUT2D eigenvalue weighted by molar-refractivity contribution is -0.116. The van der Waals surface area contributed by atoms with Crippen LogP contribution in [0.25, 0.3) is 0 Å². The zero-order chi connectivity index (χ0) is 19.6. The molecule has 9 heteroatoms. The van der Waals surface area contributed by atoms with E-state index in [2.05, 4.69) is 5.32 Å². The van der Waals surface area contributed by atoms with E-state index in [1.807, 2.05) is 0 Å². The van der Waals surface area contributed by atoms with Crippen LogP contribution in [0.5, 0.6) is 11.5 Å². The maximum absolute atomic E-state index is 12.5. The van der Waals surface area contributed by atoms with Crippen molar-refractivity contribution in [3.63, 3.8) is 0 Å². The third-order valence-corrected chi connectivity index (χ3v) is 5.79. The van der Waals surface area contributed by atoms with Gasteiger partial charge in [-0.15, -0.1) is 0 Å². The first-order valence-electron chi connectivity index (χ1n) is 8.05. The van der Waals surface area contributed by atoms with E-state index in [4.69, 9.17) is 9.47 Å². The predicted molar refractivity (Wildman–Crippen MR) is 99.8 cm³/mol. The molecule has 0 radical (unpaired) electrons. The van der Waals surface area contributed by atoms with E-state index in [0.29, 0.717) is 22.7 Å². The molecule has 1 N–H and O–H groups in total. The summed E-state index contributed by atoms with van der Waals surface area (Å²) < 4.78 is 35.0. The first-order chi connectivity index (χ1) is 12.9. The summed E-state index contributed by atoms with van der Waals surface area (Å²) in [6.45, 7) is 0. The summed E-state index contributed by atoms with van der Waals surface area (Å²) in [5.74, 6) is -0.0553. The van der Waals surface area contributed by atoms with Gasteiger partial charge in [0.25, 0.3) is 5.91 Å². The number of nitrogens with one attached hydrogen (secondary N) is 1. The van der Waals surface area contributed by atoms with Gasteiger partial charge < -0.3 is 14.8 Å². The molecule has 27 heavy (non-hydrogen) atoms. The number of sulfonamides is 1. The Morgan fingerprint density at radius 3 is 2.33 bits per heavy atom. The summed E-state index contributed by atoms with van der Waals surface area (Å²) in [6, 6.07) is 10.8. The van der Waals surface area contributed by atoms with Crippen molar-refractivity contribution in [3.05, 3.63) is 48.0 Å². The highest BCUT2D eigenvalue weighted by Gasteiger charge is 2.36. The molecule has 1 heterocycles. The lowest BCUT2D eigenvalue weighted by Crippen LogP contribution is -2.29. The number of carbonyl (C=O) groups excluding carboxylic acids is 2. The van der Waals surface area contributed by atoms with Gasteiger partial charge in [0.2, 0.25) is 15.9 Å². The van der Waals surface area contributed by atoms with E-state index in [9.17, 15) is 18.0 Å². The average Bonchev–Trinajstić information content (AvgIpc) is 2.94. The number of benzene rings is 2. The summed E-state index contributed by atoms with van der Waals surface area (Å²) in [5, 5.41) is 2.72. The van der Waals surface area contributed by atoms with Crippen molar-refractivity contribution in [2.45, 2.75) is 6.42 Å². The van der Waals surface area contributed by atoms with Crippen molar-refractivity contribution in [1.29, 1.82) is 0 Å². The molecule has 0 atom stereocenters. The highest BCUT2D eigenvalue weighted by Crippen LogP contribution is 2.30. The van der Waals surface area contributed by atoms with Crippen LogP contribution in [0.1, 0.15) is 16.8 Å². The number of hydrogen-bond acceptors (Lipinski definition) is 6. The second-order valence-corrected chi connectivity index (χ2v) is 7.73. The number of nitrogens with zero attached hydrogens (tertiary/aromatic N) is 1. The van der Waals surface area contributed by atoms with Crippen molar-refractivity contribution in [3.8, 4) is 11.5 Å². The molecule has 1 saturated heterocycles. The molecule has 8 nitrogen and oxygen atoms in total. The van der Waals surface area contributed by atoms with Gasteiger partial charge in [-0.05, 0) is 36.4 Å². The maximum Gasteiger partial charge on any atom is 0.255 e. The Balaban J connectivity index is 1.80. The van der Waals surface area contributed by atoms with Crippen LogP contribution in [0.3, 0.4) is 0 Å². The van der Waals surface area contributed by atoms with Crippen LogP contribution < -0.4 is 19.1 Å². The smallest absolute Gasteiger partial charge is 0.255 e. The molecule has 1 aliphatic heterocycles.